The molecule has 58 heavy (non-hydrogen) atoms. The molecule has 4 aliphatic carbocycles. The maximum Gasteiger partial charge on any atom is 0.338 e. The van der Waals surface area contributed by atoms with Crippen LogP contribution in [0, 0.1) is 46.3 Å². The summed E-state index contributed by atoms with van der Waals surface area (Å²) in [6.07, 6.45) is -0.526. The molecule has 1 aliphatic heterocycles. The minimum absolute atomic E-state index is 0.00698. The second kappa shape index (κ2) is 17.6. The van der Waals surface area contributed by atoms with Gasteiger partial charge in [0.15, 0.2) is 30.0 Å². The lowest BCUT2D eigenvalue weighted by Crippen LogP contribution is -2.61. The molecule has 0 amide bonds. The molecule has 4 fully saturated rings. The maximum absolute atomic E-state index is 13.9. The monoisotopic (exact) mass is 816 g/mol. The van der Waals surface area contributed by atoms with Crippen molar-refractivity contribution in [2.75, 3.05) is 21.3 Å². The van der Waals surface area contributed by atoms with Crippen LogP contribution in [0.1, 0.15) is 110 Å². The van der Waals surface area contributed by atoms with E-state index in [2.05, 4.69) is 40.7 Å². The molecular weight excluding hydrogens is 748 g/mol. The average molecular weight is 817 g/mol. The van der Waals surface area contributed by atoms with Crippen LogP contribution in [0.25, 0.3) is 0 Å². The van der Waals surface area contributed by atoms with Gasteiger partial charge in [-0.25, -0.2) is 4.79 Å². The molecule has 5 aliphatic rings. The van der Waals surface area contributed by atoms with Crippen molar-refractivity contribution in [2.24, 2.45) is 46.3 Å². The highest BCUT2D eigenvalue weighted by molar-refractivity contribution is 5.91. The molecule has 1 aromatic carbocycles. The Bertz CT molecular complexity index is 1640. The lowest BCUT2D eigenvalue weighted by molar-refractivity contribution is -0.311. The maximum atomic E-state index is 13.9. The predicted molar refractivity (Wildman–Crippen MR) is 213 cm³/mol. The van der Waals surface area contributed by atoms with Gasteiger partial charge in [0, 0.05) is 6.92 Å². The van der Waals surface area contributed by atoms with Gasteiger partial charge in [0.05, 0.1) is 57.4 Å². The van der Waals surface area contributed by atoms with Gasteiger partial charge in [0.2, 0.25) is 5.75 Å². The fraction of sp³-hybridized carbons (Fsp3) is 0.778. The molecule has 326 valence electrons. The van der Waals surface area contributed by atoms with Gasteiger partial charge in [-0.1, -0.05) is 46.3 Å². The molecule has 0 spiro atoms. The molecule has 1 saturated heterocycles. The summed E-state index contributed by atoms with van der Waals surface area (Å²) in [4.78, 5) is 26.6. The Morgan fingerprint density at radius 2 is 1.64 bits per heavy atom. The van der Waals surface area contributed by atoms with Crippen LogP contribution in [0.2, 0.25) is 0 Å². The van der Waals surface area contributed by atoms with E-state index in [0.717, 1.165) is 19.3 Å². The molecule has 0 bridgehead atoms. The molecule has 3 saturated carbocycles. The molecule has 6 rings (SSSR count). The van der Waals surface area contributed by atoms with E-state index in [1.165, 1.54) is 46.0 Å². The van der Waals surface area contributed by atoms with Gasteiger partial charge < -0.3 is 53.6 Å². The van der Waals surface area contributed by atoms with E-state index in [1.54, 1.807) is 6.92 Å². The van der Waals surface area contributed by atoms with E-state index in [9.17, 15) is 30.0 Å². The number of esters is 2. The minimum atomic E-state index is -1.39. The van der Waals surface area contributed by atoms with E-state index in [-0.39, 0.29) is 63.9 Å². The number of aliphatic hydroxyl groups is 4. The van der Waals surface area contributed by atoms with E-state index in [4.69, 9.17) is 33.2 Å². The van der Waals surface area contributed by atoms with Gasteiger partial charge in [-0.15, -0.1) is 0 Å². The molecule has 0 aromatic heterocycles. The van der Waals surface area contributed by atoms with Crippen LogP contribution in [0.4, 0.5) is 0 Å². The lowest BCUT2D eigenvalue weighted by Gasteiger charge is -2.60. The Morgan fingerprint density at radius 1 is 0.966 bits per heavy atom. The Kier molecular flexibility index (Phi) is 13.5. The van der Waals surface area contributed by atoms with Crippen molar-refractivity contribution >= 4 is 11.9 Å². The first kappa shape index (κ1) is 44.6. The summed E-state index contributed by atoms with van der Waals surface area (Å²) in [5.74, 6) is -0.569. The summed E-state index contributed by atoms with van der Waals surface area (Å²) in [6.45, 7) is 13.7. The third kappa shape index (κ3) is 8.25. The van der Waals surface area contributed by atoms with E-state index < -0.39 is 66.4 Å². The van der Waals surface area contributed by atoms with Crippen LogP contribution >= 0.6 is 0 Å². The minimum Gasteiger partial charge on any atom is -0.493 e. The molecule has 13 nitrogen and oxygen atoms in total. The zero-order valence-electron chi connectivity index (χ0n) is 36.0. The van der Waals surface area contributed by atoms with Crippen LogP contribution in [0.5, 0.6) is 17.2 Å². The summed E-state index contributed by atoms with van der Waals surface area (Å²) < 4.78 is 41.5. The summed E-state index contributed by atoms with van der Waals surface area (Å²) in [5.41, 5.74) is 0.632. The summed E-state index contributed by atoms with van der Waals surface area (Å²) >= 11 is 0. The number of ether oxygens (including phenoxy) is 7. The van der Waals surface area contributed by atoms with Crippen molar-refractivity contribution in [2.45, 2.75) is 155 Å². The van der Waals surface area contributed by atoms with Gasteiger partial charge in [-0.05, 0) is 117 Å². The van der Waals surface area contributed by atoms with Crippen LogP contribution in [-0.2, 0) is 23.7 Å². The van der Waals surface area contributed by atoms with Crippen LogP contribution < -0.4 is 14.2 Å². The van der Waals surface area contributed by atoms with Gasteiger partial charge in [-0.3, -0.25) is 4.79 Å². The van der Waals surface area contributed by atoms with Crippen LogP contribution in [-0.4, -0.2) is 109 Å². The summed E-state index contributed by atoms with van der Waals surface area (Å²) in [5, 5.41) is 46.1. The Morgan fingerprint density at radius 3 is 2.24 bits per heavy atom. The predicted octanol–water partition coefficient (Wildman–Crippen LogP) is 5.61. The number of methoxy groups -OCH3 is 3. The van der Waals surface area contributed by atoms with Crippen LogP contribution in [0.3, 0.4) is 0 Å². The van der Waals surface area contributed by atoms with E-state index in [0.29, 0.717) is 38.0 Å². The number of hydrogen-bond donors (Lipinski definition) is 4. The van der Waals surface area contributed by atoms with Crippen molar-refractivity contribution in [3.63, 3.8) is 0 Å². The first-order valence-electron chi connectivity index (χ1n) is 21.3. The number of carbonyl (C=O) groups excluding carboxylic acids is 2. The number of rotatable bonds is 13. The van der Waals surface area contributed by atoms with Crippen molar-refractivity contribution < 1.29 is 63.2 Å². The van der Waals surface area contributed by atoms with Crippen molar-refractivity contribution in [1.82, 2.24) is 0 Å². The standard InChI is InChI=1S/C45H68O13/c1-22(2)11-14-31(48)23(3)36-33(20-30-29-13-12-27-19-28(47)15-16-44(27,6)37(29)32(49)21-45(30,36)7)57-43-41(56-25(5)46)40(38(50)24(4)55-43)58-42(51)26-17-34(52-8)39(54-10)35(18-26)53-9/h12,17-18,22-24,28-33,36-38,40-41,43,47-50H,11,13-16,19-21H2,1-10H3/t23-,24+,28+,29+,30+,31+,32-,33+,36-,37-,38+,40-,41-,43+,44+,45+/m1/s1. The molecular formula is C45H68O13. The number of carbonyl (C=O) groups is 2. The fourth-order valence-electron chi connectivity index (χ4n) is 12.0. The Labute approximate surface area is 343 Å². The molecule has 13 heteroatoms. The van der Waals surface area contributed by atoms with Crippen molar-refractivity contribution in [3.8, 4) is 17.2 Å². The number of fused-ring (bicyclic) bond motifs is 5. The quantitative estimate of drug-likeness (QED) is 0.143. The molecule has 0 unspecified atom stereocenters. The third-order valence-corrected chi connectivity index (χ3v) is 14.8. The molecule has 16 atom stereocenters. The van der Waals surface area contributed by atoms with Crippen LogP contribution in [0.15, 0.2) is 23.8 Å². The number of hydrogen-bond acceptors (Lipinski definition) is 13. The SMILES string of the molecule is COc1cc(C(=O)O[C@@H]2[C@@H](O)[C@H](C)O[C@@H](O[C@H]3C[C@H]4[C@@H]5CC=C6C[C@@H](O)CC[C@]6(C)[C@H]5[C@H](O)C[C@]4(C)[C@@H]3[C@H](C)[C@@H](O)CCC(C)C)[C@@H]2OC(C)=O)cc(OC)c1OC. The first-order chi connectivity index (χ1) is 27.4. The van der Waals surface area contributed by atoms with Crippen molar-refractivity contribution in [3.05, 3.63) is 29.3 Å². The third-order valence-electron chi connectivity index (χ3n) is 14.8. The number of allylic oxidation sites excluding steroid dienone is 1. The van der Waals surface area contributed by atoms with Crippen molar-refractivity contribution in [1.29, 1.82) is 0 Å². The van der Waals surface area contributed by atoms with Gasteiger partial charge in [0.25, 0.3) is 0 Å². The molecule has 1 aromatic rings. The molecule has 4 N–H and O–H groups in total. The van der Waals surface area contributed by atoms with E-state index in [1.807, 2.05) is 0 Å². The zero-order valence-corrected chi connectivity index (χ0v) is 36.0. The zero-order chi connectivity index (χ0) is 42.4. The highest BCUT2D eigenvalue weighted by atomic mass is 16.7. The topological polar surface area (TPSA) is 180 Å². The normalized spacial score (nSPS) is 39.3. The van der Waals surface area contributed by atoms with Gasteiger partial charge >= 0.3 is 11.9 Å². The average Bonchev–Trinajstić information content (AvgIpc) is 3.46. The smallest absolute Gasteiger partial charge is 0.338 e. The Balaban J connectivity index is 1.34. The lowest BCUT2D eigenvalue weighted by atomic mass is 9.46. The van der Waals surface area contributed by atoms with Gasteiger partial charge in [0.1, 0.15) is 6.10 Å². The first-order valence-corrected chi connectivity index (χ1v) is 21.3. The molecule has 1 heterocycles. The largest absolute Gasteiger partial charge is 0.493 e. The second-order valence-electron chi connectivity index (χ2n) is 18.7. The molecule has 0 radical (unpaired) electrons. The summed E-state index contributed by atoms with van der Waals surface area (Å²) in [7, 11) is 4.30. The summed E-state index contributed by atoms with van der Waals surface area (Å²) in [6, 6.07) is 2.87. The highest BCUT2D eigenvalue weighted by Gasteiger charge is 2.66. The fourth-order valence-corrected chi connectivity index (χ4v) is 12.0. The second-order valence-corrected chi connectivity index (χ2v) is 18.7. The van der Waals surface area contributed by atoms with Gasteiger partial charge in [-0.2, -0.15) is 0 Å². The Hall–Kier alpha value is -2.94. The van der Waals surface area contributed by atoms with E-state index >= 15 is 0 Å². The number of benzene rings is 1. The number of aliphatic hydroxyl groups excluding tert-OH is 4. The highest BCUT2D eigenvalue weighted by Crippen LogP contribution is 2.68.